The first-order valence-electron chi connectivity index (χ1n) is 12.3. The fourth-order valence-electron chi connectivity index (χ4n) is 4.94. The van der Waals surface area contributed by atoms with Crippen molar-refractivity contribution >= 4 is 40.2 Å². The fraction of sp³-hybridized carbons (Fsp3) is 0.458. The minimum atomic E-state index is -0.791. The lowest BCUT2D eigenvalue weighted by atomic mass is 10.3. The van der Waals surface area contributed by atoms with Crippen molar-refractivity contribution in [3.05, 3.63) is 44.9 Å². The normalized spacial score (nSPS) is 19.1. The number of nitrogens with one attached hydrogen (secondary N) is 1. The molecular weight excluding hydrogens is 510 g/mol. The largest absolute Gasteiger partial charge is 0.383 e. The SMILES string of the molecule is COCCn1c(=O)c2c(ncn2[C@@H](C)C(=O)Nc2csc(-c3cnc(N4CC5CC5C4)nc3)n2)n(C)c1=O. The number of hydrogen-bond acceptors (Lipinski definition) is 10. The van der Waals surface area contributed by atoms with Crippen molar-refractivity contribution in [3.8, 4) is 10.6 Å². The highest BCUT2D eigenvalue weighted by Gasteiger charge is 2.45. The van der Waals surface area contributed by atoms with Gasteiger partial charge in [-0.3, -0.25) is 18.7 Å². The molecule has 0 bridgehead atoms. The minimum Gasteiger partial charge on any atom is -0.383 e. The Morgan fingerprint density at radius 3 is 2.66 bits per heavy atom. The number of anilines is 2. The molecule has 198 valence electrons. The second kappa shape index (κ2) is 9.44. The smallest absolute Gasteiger partial charge is 0.332 e. The summed E-state index contributed by atoms with van der Waals surface area (Å²) in [5, 5.41) is 5.24. The molecule has 1 amide bonds. The Morgan fingerprint density at radius 2 is 1.95 bits per heavy atom. The van der Waals surface area contributed by atoms with Crippen LogP contribution in [-0.4, -0.2) is 66.4 Å². The second-order valence-corrected chi connectivity index (χ2v) is 10.6. The molecule has 4 aromatic heterocycles. The van der Waals surface area contributed by atoms with E-state index in [2.05, 4.69) is 30.2 Å². The van der Waals surface area contributed by atoms with Gasteiger partial charge in [-0.15, -0.1) is 11.3 Å². The molecule has 2 aliphatic rings. The number of hydrogen-bond donors (Lipinski definition) is 1. The molecule has 2 unspecified atom stereocenters. The number of methoxy groups -OCH3 is 1. The fourth-order valence-corrected chi connectivity index (χ4v) is 5.67. The average molecular weight is 538 g/mol. The van der Waals surface area contributed by atoms with Crippen LogP contribution >= 0.6 is 11.3 Å². The molecule has 6 rings (SSSR count). The van der Waals surface area contributed by atoms with E-state index in [0.717, 1.165) is 41.0 Å². The summed E-state index contributed by atoms with van der Waals surface area (Å²) in [6.45, 7) is 4.00. The van der Waals surface area contributed by atoms with Gasteiger partial charge in [-0.25, -0.2) is 24.7 Å². The first-order valence-corrected chi connectivity index (χ1v) is 13.2. The Kier molecular flexibility index (Phi) is 6.07. The summed E-state index contributed by atoms with van der Waals surface area (Å²) in [6, 6.07) is -0.791. The molecule has 1 N–H and O–H groups in total. The molecule has 5 heterocycles. The van der Waals surface area contributed by atoms with Crippen molar-refractivity contribution in [2.45, 2.75) is 25.9 Å². The molecule has 13 nitrogen and oxygen atoms in total. The van der Waals surface area contributed by atoms with Gasteiger partial charge in [0.05, 0.1) is 19.5 Å². The van der Waals surface area contributed by atoms with Gasteiger partial charge in [0.15, 0.2) is 11.2 Å². The molecule has 38 heavy (non-hydrogen) atoms. The topological polar surface area (TPSA) is 142 Å². The highest BCUT2D eigenvalue weighted by Crippen LogP contribution is 2.45. The Labute approximate surface area is 220 Å². The van der Waals surface area contributed by atoms with E-state index < -0.39 is 17.3 Å². The second-order valence-electron chi connectivity index (χ2n) is 9.75. The van der Waals surface area contributed by atoms with Crippen LogP contribution in [0.2, 0.25) is 0 Å². The van der Waals surface area contributed by atoms with Crippen LogP contribution in [0.5, 0.6) is 0 Å². The lowest BCUT2D eigenvalue weighted by Crippen LogP contribution is -2.41. The molecular formula is C24H27N9O4S. The van der Waals surface area contributed by atoms with E-state index in [0.29, 0.717) is 10.8 Å². The predicted octanol–water partition coefficient (Wildman–Crippen LogP) is 1.11. The molecule has 0 spiro atoms. The number of aryl methyl sites for hydroxylation is 1. The lowest BCUT2D eigenvalue weighted by molar-refractivity contribution is -0.118. The summed E-state index contributed by atoms with van der Waals surface area (Å²) in [7, 11) is 3.03. The van der Waals surface area contributed by atoms with Crippen LogP contribution in [-0.2, 0) is 23.1 Å². The zero-order chi connectivity index (χ0) is 26.6. The standard InChI is InChI=1S/C24H27N9O4S/c1-13(33-12-27-19-18(33)22(35)32(4-5-37-3)24(36)30(19)2)20(34)28-17-11-38-21(29-17)16-7-25-23(26-8-16)31-9-14-6-15(14)10-31/h7-8,11-15H,4-6,9-10H2,1-3H3,(H,28,34)/t13-,14?,15?/m0/s1. The van der Waals surface area contributed by atoms with E-state index in [1.54, 1.807) is 24.7 Å². The number of nitrogens with zero attached hydrogens (tertiary/aromatic N) is 8. The van der Waals surface area contributed by atoms with Crippen LogP contribution in [0.15, 0.2) is 33.7 Å². The molecule has 1 aliphatic carbocycles. The van der Waals surface area contributed by atoms with Gasteiger partial charge in [-0.2, -0.15) is 0 Å². The van der Waals surface area contributed by atoms with E-state index in [4.69, 9.17) is 4.74 Å². The number of ether oxygens (including phenoxy) is 1. The third-order valence-electron chi connectivity index (χ3n) is 7.28. The van der Waals surface area contributed by atoms with Gasteiger partial charge in [0.25, 0.3) is 5.56 Å². The number of imidazole rings is 1. The minimum absolute atomic E-state index is 0.0923. The van der Waals surface area contributed by atoms with Crippen molar-refractivity contribution in [1.29, 1.82) is 0 Å². The van der Waals surface area contributed by atoms with Crippen LogP contribution in [0.4, 0.5) is 11.8 Å². The van der Waals surface area contributed by atoms with E-state index in [9.17, 15) is 14.4 Å². The summed E-state index contributed by atoms with van der Waals surface area (Å²) >= 11 is 1.38. The van der Waals surface area contributed by atoms with Crippen molar-refractivity contribution in [1.82, 2.24) is 33.6 Å². The summed E-state index contributed by atoms with van der Waals surface area (Å²) in [4.78, 5) is 58.9. The van der Waals surface area contributed by atoms with Gasteiger partial charge in [-0.05, 0) is 25.2 Å². The molecule has 4 aromatic rings. The van der Waals surface area contributed by atoms with Gasteiger partial charge in [0.2, 0.25) is 11.9 Å². The summed E-state index contributed by atoms with van der Waals surface area (Å²) in [6.07, 6.45) is 6.24. The molecule has 14 heteroatoms. The zero-order valence-electron chi connectivity index (χ0n) is 21.2. The van der Waals surface area contributed by atoms with E-state index >= 15 is 0 Å². The van der Waals surface area contributed by atoms with Gasteiger partial charge in [0, 0.05) is 50.6 Å². The lowest BCUT2D eigenvalue weighted by Gasteiger charge is -2.17. The number of piperidine rings is 1. The Bertz CT molecular complexity index is 1630. The number of fused-ring (bicyclic) bond motifs is 2. The molecule has 1 saturated heterocycles. The highest BCUT2D eigenvalue weighted by molar-refractivity contribution is 7.13. The number of rotatable bonds is 8. The van der Waals surface area contributed by atoms with Crippen LogP contribution in [0.1, 0.15) is 19.4 Å². The highest BCUT2D eigenvalue weighted by atomic mass is 32.1. The third kappa shape index (κ3) is 4.19. The van der Waals surface area contributed by atoms with Crippen LogP contribution in [0.3, 0.4) is 0 Å². The van der Waals surface area contributed by atoms with E-state index in [-0.39, 0.29) is 30.2 Å². The van der Waals surface area contributed by atoms with Gasteiger partial charge in [-0.1, -0.05) is 0 Å². The molecule has 0 radical (unpaired) electrons. The zero-order valence-corrected chi connectivity index (χ0v) is 22.0. The number of amides is 1. The number of aromatic nitrogens is 7. The summed E-state index contributed by atoms with van der Waals surface area (Å²) in [5.74, 6) is 2.35. The Balaban J connectivity index is 1.19. The molecule has 0 aromatic carbocycles. The summed E-state index contributed by atoms with van der Waals surface area (Å²) in [5.41, 5.74) is 0.124. The van der Waals surface area contributed by atoms with E-state index in [1.807, 2.05) is 0 Å². The summed E-state index contributed by atoms with van der Waals surface area (Å²) < 4.78 is 8.88. The van der Waals surface area contributed by atoms with Crippen molar-refractivity contribution in [2.24, 2.45) is 18.9 Å². The monoisotopic (exact) mass is 537 g/mol. The number of carbonyl (C=O) groups excluding carboxylic acids is 1. The van der Waals surface area contributed by atoms with Gasteiger partial charge in [0.1, 0.15) is 16.9 Å². The van der Waals surface area contributed by atoms with Crippen molar-refractivity contribution in [2.75, 3.05) is 37.0 Å². The predicted molar refractivity (Wildman–Crippen MR) is 141 cm³/mol. The van der Waals surface area contributed by atoms with Crippen LogP contribution in [0.25, 0.3) is 21.7 Å². The van der Waals surface area contributed by atoms with Crippen LogP contribution < -0.4 is 21.5 Å². The molecule has 1 saturated carbocycles. The Morgan fingerprint density at radius 1 is 1.21 bits per heavy atom. The molecule has 1 aliphatic heterocycles. The first kappa shape index (κ1) is 24.4. The maximum absolute atomic E-state index is 13.1. The van der Waals surface area contributed by atoms with Crippen molar-refractivity contribution < 1.29 is 9.53 Å². The van der Waals surface area contributed by atoms with Gasteiger partial charge < -0.3 is 19.5 Å². The maximum Gasteiger partial charge on any atom is 0.332 e. The van der Waals surface area contributed by atoms with E-state index in [1.165, 1.54) is 47.4 Å². The number of thiazole rings is 1. The molecule has 3 atom stereocenters. The van der Waals surface area contributed by atoms with Gasteiger partial charge >= 0.3 is 5.69 Å². The quantitative estimate of drug-likeness (QED) is 0.350. The number of carbonyl (C=O) groups is 1. The molecule has 2 fully saturated rings. The Hall–Kier alpha value is -3.91. The van der Waals surface area contributed by atoms with Crippen molar-refractivity contribution in [3.63, 3.8) is 0 Å². The van der Waals surface area contributed by atoms with Crippen LogP contribution in [0, 0.1) is 11.8 Å². The average Bonchev–Trinajstić information content (AvgIpc) is 3.31. The maximum atomic E-state index is 13.1. The third-order valence-corrected chi connectivity index (χ3v) is 8.17. The first-order chi connectivity index (χ1) is 18.4.